The van der Waals surface area contributed by atoms with Crippen LogP contribution in [0.3, 0.4) is 0 Å². The Morgan fingerprint density at radius 3 is 2.75 bits per heavy atom. The Kier molecular flexibility index (Phi) is 9.40. The summed E-state index contributed by atoms with van der Waals surface area (Å²) in [5.74, 6) is 2.78. The lowest BCUT2D eigenvalue weighted by Gasteiger charge is -2.12. The van der Waals surface area contributed by atoms with Gasteiger partial charge in [-0.05, 0) is 95.4 Å². The van der Waals surface area contributed by atoms with E-state index >= 15 is 0 Å². The quantitative estimate of drug-likeness (QED) is 0.317. The third-order valence-electron chi connectivity index (χ3n) is 6.38. The maximum atomic E-state index is 9.40. The van der Waals surface area contributed by atoms with Crippen LogP contribution in [0.1, 0.15) is 49.8 Å². The second-order valence-corrected chi connectivity index (χ2v) is 10.4. The number of aryl methyl sites for hydroxylation is 1. The molecule has 0 spiro atoms. The first kappa shape index (κ1) is 26.2. The maximum Gasteiger partial charge on any atom is 0.258 e. The number of rotatable bonds is 8. The SMILES string of the molecule is CC(C)Oc1ccc(-c2nc(-c3cccc4c3CCC4)no2)cc1C#N.CNSCCN1CCCC1. The van der Waals surface area contributed by atoms with Crippen LogP contribution in [0.2, 0.25) is 0 Å². The molecule has 5 rings (SSSR count). The molecule has 1 N–H and O–H groups in total. The summed E-state index contributed by atoms with van der Waals surface area (Å²) >= 11 is 1.80. The topological polar surface area (TPSA) is 87.2 Å². The van der Waals surface area contributed by atoms with Crippen molar-refractivity contribution in [2.45, 2.75) is 52.1 Å². The fourth-order valence-electron chi connectivity index (χ4n) is 4.67. The van der Waals surface area contributed by atoms with Crippen molar-refractivity contribution in [3.8, 4) is 34.7 Å². The summed E-state index contributed by atoms with van der Waals surface area (Å²) in [7, 11) is 1.98. The van der Waals surface area contributed by atoms with Gasteiger partial charge in [0.25, 0.3) is 5.89 Å². The van der Waals surface area contributed by atoms with Crippen LogP contribution in [0.25, 0.3) is 22.8 Å². The lowest BCUT2D eigenvalue weighted by molar-refractivity contribution is 0.241. The van der Waals surface area contributed by atoms with E-state index < -0.39 is 0 Å². The van der Waals surface area contributed by atoms with Gasteiger partial charge in [-0.2, -0.15) is 10.2 Å². The number of aromatic nitrogens is 2. The third kappa shape index (κ3) is 6.67. The standard InChI is InChI=1S/C21H19N3O2.C7H16N2S/c1-13(2)25-19-10-9-15(11-16(19)12-22)21-23-20(24-26-21)18-8-4-6-14-5-3-7-17(14)18;1-8-10-7-6-9-4-2-3-5-9/h4,6,8-11,13H,3,5,7H2,1-2H3;8H,2-7H2,1H3. The average Bonchev–Trinajstić information content (AvgIpc) is 3.66. The Labute approximate surface area is 218 Å². The Balaban J connectivity index is 0.000000256. The van der Waals surface area contributed by atoms with Gasteiger partial charge in [-0.3, -0.25) is 4.72 Å². The zero-order valence-corrected chi connectivity index (χ0v) is 22.2. The van der Waals surface area contributed by atoms with Crippen LogP contribution in [0.15, 0.2) is 40.9 Å². The molecular formula is C28H35N5O2S. The maximum absolute atomic E-state index is 9.40. The minimum absolute atomic E-state index is 0.00290. The van der Waals surface area contributed by atoms with Crippen molar-refractivity contribution in [3.05, 3.63) is 53.1 Å². The van der Waals surface area contributed by atoms with Crippen LogP contribution in [-0.4, -0.2) is 53.6 Å². The smallest absolute Gasteiger partial charge is 0.258 e. The molecular weight excluding hydrogens is 470 g/mol. The summed E-state index contributed by atoms with van der Waals surface area (Å²) in [4.78, 5) is 7.10. The third-order valence-corrected chi connectivity index (χ3v) is 7.05. The van der Waals surface area contributed by atoms with Crippen LogP contribution in [0.4, 0.5) is 0 Å². The second-order valence-electron chi connectivity index (χ2n) is 9.31. The molecule has 2 aromatic carbocycles. The Morgan fingerprint density at radius 1 is 1.17 bits per heavy atom. The summed E-state index contributed by atoms with van der Waals surface area (Å²) in [6.45, 7) is 7.76. The van der Waals surface area contributed by atoms with Gasteiger partial charge in [0.1, 0.15) is 11.8 Å². The molecule has 0 bridgehead atoms. The first-order chi connectivity index (χ1) is 17.6. The molecule has 0 saturated carbocycles. The van der Waals surface area contributed by atoms with Crippen molar-refractivity contribution in [3.63, 3.8) is 0 Å². The second kappa shape index (κ2) is 12.9. The van der Waals surface area contributed by atoms with Crippen LogP contribution in [0, 0.1) is 11.3 Å². The van der Waals surface area contributed by atoms with Gasteiger partial charge in [0, 0.05) is 23.4 Å². The highest BCUT2D eigenvalue weighted by Crippen LogP contribution is 2.33. The van der Waals surface area contributed by atoms with Gasteiger partial charge >= 0.3 is 0 Å². The van der Waals surface area contributed by atoms with E-state index in [1.54, 1.807) is 24.1 Å². The van der Waals surface area contributed by atoms with E-state index in [-0.39, 0.29) is 6.10 Å². The average molecular weight is 506 g/mol. The highest BCUT2D eigenvalue weighted by atomic mass is 32.2. The molecule has 2 aliphatic rings. The molecule has 1 saturated heterocycles. The van der Waals surface area contributed by atoms with Crippen molar-refractivity contribution >= 4 is 11.9 Å². The molecule has 1 aliphatic heterocycles. The highest BCUT2D eigenvalue weighted by Gasteiger charge is 2.20. The molecule has 8 heteroatoms. The van der Waals surface area contributed by atoms with E-state index in [1.807, 2.05) is 39.1 Å². The van der Waals surface area contributed by atoms with Gasteiger partial charge in [-0.1, -0.05) is 35.3 Å². The molecule has 0 amide bonds. The van der Waals surface area contributed by atoms with Gasteiger partial charge < -0.3 is 14.2 Å². The Bertz CT molecular complexity index is 1180. The zero-order valence-electron chi connectivity index (χ0n) is 21.4. The van der Waals surface area contributed by atoms with Crippen molar-refractivity contribution in [2.24, 2.45) is 0 Å². The fourth-order valence-corrected chi connectivity index (χ4v) is 5.22. The normalized spacial score (nSPS) is 14.9. The van der Waals surface area contributed by atoms with E-state index in [0.717, 1.165) is 18.4 Å². The van der Waals surface area contributed by atoms with Crippen LogP contribution >= 0.6 is 11.9 Å². The van der Waals surface area contributed by atoms with Gasteiger partial charge in [0.05, 0.1) is 11.7 Å². The van der Waals surface area contributed by atoms with E-state index in [2.05, 4.69) is 31.9 Å². The van der Waals surface area contributed by atoms with Gasteiger partial charge in [0.2, 0.25) is 5.82 Å². The number of nitriles is 1. The molecule has 1 aliphatic carbocycles. The molecule has 0 atom stereocenters. The largest absolute Gasteiger partial charge is 0.490 e. The summed E-state index contributed by atoms with van der Waals surface area (Å²) in [5, 5.41) is 13.6. The van der Waals surface area contributed by atoms with Crippen molar-refractivity contribution < 1.29 is 9.26 Å². The van der Waals surface area contributed by atoms with Crippen LogP contribution < -0.4 is 9.46 Å². The summed E-state index contributed by atoms with van der Waals surface area (Å²) < 4.78 is 14.2. The van der Waals surface area contributed by atoms with E-state index in [1.165, 1.54) is 55.8 Å². The fraction of sp³-hybridized carbons (Fsp3) is 0.464. The number of benzene rings is 2. The number of nitrogens with one attached hydrogen (secondary N) is 1. The van der Waals surface area contributed by atoms with Crippen LogP contribution in [0.5, 0.6) is 5.75 Å². The first-order valence-electron chi connectivity index (χ1n) is 12.8. The summed E-state index contributed by atoms with van der Waals surface area (Å²) in [6.07, 6.45) is 6.14. The number of likely N-dealkylation sites (tertiary alicyclic amines) is 1. The number of ether oxygens (including phenoxy) is 1. The molecule has 2 heterocycles. The Morgan fingerprint density at radius 2 is 2.00 bits per heavy atom. The highest BCUT2D eigenvalue weighted by molar-refractivity contribution is 7.97. The predicted octanol–water partition coefficient (Wildman–Crippen LogP) is 5.50. The van der Waals surface area contributed by atoms with Crippen molar-refractivity contribution in [1.29, 1.82) is 5.26 Å². The van der Waals surface area contributed by atoms with E-state index in [0.29, 0.717) is 28.6 Å². The van der Waals surface area contributed by atoms with Crippen LogP contribution in [-0.2, 0) is 12.8 Å². The van der Waals surface area contributed by atoms with Crippen molar-refractivity contribution in [1.82, 2.24) is 19.8 Å². The lowest BCUT2D eigenvalue weighted by Crippen LogP contribution is -2.22. The molecule has 0 radical (unpaired) electrons. The molecule has 7 nitrogen and oxygen atoms in total. The predicted molar refractivity (Wildman–Crippen MR) is 145 cm³/mol. The molecule has 3 aromatic rings. The number of nitrogens with zero attached hydrogens (tertiary/aromatic N) is 4. The number of hydrogen-bond acceptors (Lipinski definition) is 8. The monoisotopic (exact) mass is 505 g/mol. The van der Waals surface area contributed by atoms with Gasteiger partial charge in [-0.15, -0.1) is 0 Å². The first-order valence-corrected chi connectivity index (χ1v) is 13.7. The Hall–Kier alpha value is -2.86. The molecule has 36 heavy (non-hydrogen) atoms. The van der Waals surface area contributed by atoms with Crippen molar-refractivity contribution in [2.75, 3.05) is 32.4 Å². The van der Waals surface area contributed by atoms with E-state index in [9.17, 15) is 5.26 Å². The molecule has 1 aromatic heterocycles. The van der Waals surface area contributed by atoms with Gasteiger partial charge in [0.15, 0.2) is 0 Å². The molecule has 190 valence electrons. The van der Waals surface area contributed by atoms with E-state index in [4.69, 9.17) is 9.26 Å². The zero-order chi connectivity index (χ0) is 25.3. The lowest BCUT2D eigenvalue weighted by atomic mass is 10.0. The van der Waals surface area contributed by atoms with Gasteiger partial charge in [-0.25, -0.2) is 0 Å². The molecule has 1 fully saturated rings. The number of hydrogen-bond donors (Lipinski definition) is 1. The summed E-state index contributed by atoms with van der Waals surface area (Å²) in [6, 6.07) is 13.8. The summed E-state index contributed by atoms with van der Waals surface area (Å²) in [5.41, 5.74) is 4.89. The minimum atomic E-state index is 0.00290. The molecule has 0 unspecified atom stereocenters. The minimum Gasteiger partial charge on any atom is -0.490 e. The number of fused-ring (bicyclic) bond motifs is 1.